The molecule has 0 atom stereocenters. The molecule has 1 N–H and O–H groups in total. The Bertz CT molecular complexity index is 657. The predicted molar refractivity (Wildman–Crippen MR) is 93.3 cm³/mol. The molecule has 0 saturated heterocycles. The second-order valence-electron chi connectivity index (χ2n) is 5.96. The molecule has 1 aliphatic rings. The molecule has 0 radical (unpaired) electrons. The number of hydrogen-bond donors (Lipinski definition) is 1. The standard InChI is InChI=1S/C19H23N3O/c1-21(14-16-7-3-2-4-8-16)19(23)15-22-12-11-20-13-17-9-5-6-10-18(17)22/h2-10,20H,11-15H2,1H3. The summed E-state index contributed by atoms with van der Waals surface area (Å²) >= 11 is 0. The normalized spacial score (nSPS) is 14.0. The summed E-state index contributed by atoms with van der Waals surface area (Å²) in [6.07, 6.45) is 0. The number of benzene rings is 2. The minimum Gasteiger partial charge on any atom is -0.361 e. The fraction of sp³-hybridized carbons (Fsp3) is 0.316. The molecule has 23 heavy (non-hydrogen) atoms. The molecule has 1 amide bonds. The van der Waals surface area contributed by atoms with Crippen LogP contribution in [0.15, 0.2) is 54.6 Å². The minimum absolute atomic E-state index is 0.144. The van der Waals surface area contributed by atoms with Crippen LogP contribution in [0.25, 0.3) is 0 Å². The summed E-state index contributed by atoms with van der Waals surface area (Å²) in [6.45, 7) is 3.67. The van der Waals surface area contributed by atoms with E-state index in [4.69, 9.17) is 0 Å². The highest BCUT2D eigenvalue weighted by Crippen LogP contribution is 2.22. The van der Waals surface area contributed by atoms with Crippen LogP contribution in [-0.2, 0) is 17.9 Å². The van der Waals surface area contributed by atoms with Crippen LogP contribution in [0.1, 0.15) is 11.1 Å². The van der Waals surface area contributed by atoms with Gasteiger partial charge in [0.05, 0.1) is 6.54 Å². The number of carbonyl (C=O) groups excluding carboxylic acids is 1. The summed E-state index contributed by atoms with van der Waals surface area (Å²) in [4.78, 5) is 16.6. The van der Waals surface area contributed by atoms with Crippen molar-refractivity contribution in [3.05, 3.63) is 65.7 Å². The first-order chi connectivity index (χ1) is 11.2. The second-order valence-corrected chi connectivity index (χ2v) is 5.96. The Kier molecular flexibility index (Phi) is 4.93. The van der Waals surface area contributed by atoms with Crippen LogP contribution >= 0.6 is 0 Å². The Labute approximate surface area is 137 Å². The van der Waals surface area contributed by atoms with E-state index in [1.165, 1.54) is 11.3 Å². The molecule has 4 heteroatoms. The lowest BCUT2D eigenvalue weighted by Gasteiger charge is -2.27. The first-order valence-electron chi connectivity index (χ1n) is 8.05. The maximum Gasteiger partial charge on any atom is 0.242 e. The fourth-order valence-corrected chi connectivity index (χ4v) is 2.92. The number of para-hydroxylation sites is 1. The van der Waals surface area contributed by atoms with E-state index in [0.29, 0.717) is 13.1 Å². The molecule has 4 nitrogen and oxygen atoms in total. The van der Waals surface area contributed by atoms with Gasteiger partial charge in [0.1, 0.15) is 0 Å². The lowest BCUT2D eigenvalue weighted by Crippen LogP contribution is -2.40. The van der Waals surface area contributed by atoms with Gasteiger partial charge in [0, 0.05) is 38.9 Å². The number of amides is 1. The molecular formula is C19H23N3O. The first-order valence-corrected chi connectivity index (χ1v) is 8.05. The molecule has 0 unspecified atom stereocenters. The van der Waals surface area contributed by atoms with Crippen molar-refractivity contribution in [1.29, 1.82) is 0 Å². The molecule has 0 aliphatic carbocycles. The highest BCUT2D eigenvalue weighted by atomic mass is 16.2. The van der Waals surface area contributed by atoms with E-state index in [1.807, 2.05) is 37.4 Å². The number of hydrogen-bond acceptors (Lipinski definition) is 3. The monoisotopic (exact) mass is 309 g/mol. The zero-order chi connectivity index (χ0) is 16.1. The van der Waals surface area contributed by atoms with Crippen LogP contribution in [0.2, 0.25) is 0 Å². The average molecular weight is 309 g/mol. The molecule has 1 aliphatic heterocycles. The first kappa shape index (κ1) is 15.6. The van der Waals surface area contributed by atoms with Crippen LogP contribution in [0.5, 0.6) is 0 Å². The highest BCUT2D eigenvalue weighted by Gasteiger charge is 2.19. The average Bonchev–Trinajstić information content (AvgIpc) is 2.78. The summed E-state index contributed by atoms with van der Waals surface area (Å²) in [5.41, 5.74) is 3.57. The Morgan fingerprint density at radius 3 is 2.70 bits per heavy atom. The third-order valence-electron chi connectivity index (χ3n) is 4.22. The van der Waals surface area contributed by atoms with Gasteiger partial charge in [0.2, 0.25) is 5.91 Å². The lowest BCUT2D eigenvalue weighted by atomic mass is 10.1. The van der Waals surface area contributed by atoms with Crippen molar-refractivity contribution in [2.45, 2.75) is 13.1 Å². The molecular weight excluding hydrogens is 286 g/mol. The number of likely N-dealkylation sites (N-methyl/N-ethyl adjacent to an activating group) is 1. The van der Waals surface area contributed by atoms with Gasteiger partial charge in [-0.25, -0.2) is 0 Å². The molecule has 3 rings (SSSR count). The number of nitrogens with zero attached hydrogens (tertiary/aromatic N) is 2. The van der Waals surface area contributed by atoms with Gasteiger partial charge < -0.3 is 15.1 Å². The molecule has 1 heterocycles. The van der Waals surface area contributed by atoms with Crippen molar-refractivity contribution >= 4 is 11.6 Å². The van der Waals surface area contributed by atoms with Gasteiger partial charge in [-0.3, -0.25) is 4.79 Å². The summed E-state index contributed by atoms with van der Waals surface area (Å²) in [6, 6.07) is 18.4. The maximum absolute atomic E-state index is 12.6. The minimum atomic E-state index is 0.144. The van der Waals surface area contributed by atoms with Crippen molar-refractivity contribution in [2.24, 2.45) is 0 Å². The molecule has 0 aromatic heterocycles. The lowest BCUT2D eigenvalue weighted by molar-refractivity contribution is -0.128. The molecule has 120 valence electrons. The number of rotatable bonds is 4. The van der Waals surface area contributed by atoms with E-state index in [1.54, 1.807) is 4.90 Å². The zero-order valence-corrected chi connectivity index (χ0v) is 13.5. The number of fused-ring (bicyclic) bond motifs is 1. The largest absolute Gasteiger partial charge is 0.361 e. The highest BCUT2D eigenvalue weighted by molar-refractivity contribution is 5.81. The smallest absolute Gasteiger partial charge is 0.242 e. The van der Waals surface area contributed by atoms with Gasteiger partial charge in [0.15, 0.2) is 0 Å². The Morgan fingerprint density at radius 1 is 1.13 bits per heavy atom. The third-order valence-corrected chi connectivity index (χ3v) is 4.22. The molecule has 0 fully saturated rings. The van der Waals surface area contributed by atoms with E-state index in [2.05, 4.69) is 34.5 Å². The fourth-order valence-electron chi connectivity index (χ4n) is 2.92. The number of anilines is 1. The summed E-state index contributed by atoms with van der Waals surface area (Å²) in [7, 11) is 1.87. The Balaban J connectivity index is 1.67. The van der Waals surface area contributed by atoms with Gasteiger partial charge in [-0.05, 0) is 17.2 Å². The van der Waals surface area contributed by atoms with Crippen molar-refractivity contribution in [3.8, 4) is 0 Å². The molecule has 0 saturated carbocycles. The van der Waals surface area contributed by atoms with E-state index < -0.39 is 0 Å². The predicted octanol–water partition coefficient (Wildman–Crippen LogP) is 2.25. The molecule has 2 aromatic rings. The van der Waals surface area contributed by atoms with E-state index in [-0.39, 0.29) is 5.91 Å². The van der Waals surface area contributed by atoms with Gasteiger partial charge in [-0.1, -0.05) is 48.5 Å². The third kappa shape index (κ3) is 3.90. The molecule has 0 spiro atoms. The van der Waals surface area contributed by atoms with Gasteiger partial charge in [0.25, 0.3) is 0 Å². The van der Waals surface area contributed by atoms with Crippen molar-refractivity contribution < 1.29 is 4.79 Å². The SMILES string of the molecule is CN(Cc1ccccc1)C(=O)CN1CCNCc2ccccc21. The van der Waals surface area contributed by atoms with Crippen LogP contribution in [-0.4, -0.2) is 37.5 Å². The molecule has 0 bridgehead atoms. The number of nitrogens with one attached hydrogen (secondary N) is 1. The van der Waals surface area contributed by atoms with Crippen molar-refractivity contribution in [1.82, 2.24) is 10.2 Å². The zero-order valence-electron chi connectivity index (χ0n) is 13.5. The quantitative estimate of drug-likeness (QED) is 0.941. The van der Waals surface area contributed by atoms with Crippen molar-refractivity contribution in [2.75, 3.05) is 31.6 Å². The van der Waals surface area contributed by atoms with Crippen LogP contribution in [0.4, 0.5) is 5.69 Å². The number of carbonyl (C=O) groups is 1. The van der Waals surface area contributed by atoms with Gasteiger partial charge in [-0.15, -0.1) is 0 Å². The van der Waals surface area contributed by atoms with Crippen LogP contribution in [0, 0.1) is 0 Å². The van der Waals surface area contributed by atoms with Gasteiger partial charge >= 0.3 is 0 Å². The van der Waals surface area contributed by atoms with Gasteiger partial charge in [-0.2, -0.15) is 0 Å². The second kappa shape index (κ2) is 7.29. The van der Waals surface area contributed by atoms with Crippen molar-refractivity contribution in [3.63, 3.8) is 0 Å². The summed E-state index contributed by atoms with van der Waals surface area (Å²) in [5, 5.41) is 3.41. The van der Waals surface area contributed by atoms with E-state index >= 15 is 0 Å². The van der Waals surface area contributed by atoms with E-state index in [9.17, 15) is 4.79 Å². The van der Waals surface area contributed by atoms with E-state index in [0.717, 1.165) is 25.2 Å². The topological polar surface area (TPSA) is 35.6 Å². The molecule has 2 aromatic carbocycles. The Hall–Kier alpha value is -2.33. The Morgan fingerprint density at radius 2 is 1.87 bits per heavy atom. The maximum atomic E-state index is 12.6. The van der Waals surface area contributed by atoms with Crippen LogP contribution in [0.3, 0.4) is 0 Å². The summed E-state index contributed by atoms with van der Waals surface area (Å²) < 4.78 is 0. The van der Waals surface area contributed by atoms with Crippen LogP contribution < -0.4 is 10.2 Å². The summed E-state index contributed by atoms with van der Waals surface area (Å²) in [5.74, 6) is 0.144.